The molecule has 0 aliphatic carbocycles. The van der Waals surface area contributed by atoms with Gasteiger partial charge in [0, 0.05) is 41.1 Å². The summed E-state index contributed by atoms with van der Waals surface area (Å²) in [6, 6.07) is 44.9. The highest BCUT2D eigenvalue weighted by Gasteiger charge is 2.48. The maximum atomic E-state index is 4.17. The van der Waals surface area contributed by atoms with Gasteiger partial charge in [-0.3, -0.25) is 0 Å². The van der Waals surface area contributed by atoms with Crippen LogP contribution >= 0.6 is 0 Å². The van der Waals surface area contributed by atoms with Gasteiger partial charge in [0.05, 0.1) is 5.41 Å². The number of anilines is 1. The van der Waals surface area contributed by atoms with Crippen LogP contribution in [-0.4, -0.2) is 23.9 Å². The molecule has 7 rings (SSSR count). The molecule has 2 heteroatoms. The van der Waals surface area contributed by atoms with Crippen molar-refractivity contribution in [2.24, 2.45) is 5.92 Å². The lowest BCUT2D eigenvalue weighted by molar-refractivity contribution is -0.401. The predicted molar refractivity (Wildman–Crippen MR) is 214 cm³/mol. The average molecular weight is 656 g/mol. The number of allylic oxidation sites excluding steroid dienone is 5. The molecule has 2 aliphatic heterocycles. The van der Waals surface area contributed by atoms with E-state index in [1.54, 1.807) is 0 Å². The van der Waals surface area contributed by atoms with E-state index in [0.29, 0.717) is 5.92 Å². The van der Waals surface area contributed by atoms with Crippen molar-refractivity contribution in [2.75, 3.05) is 18.5 Å². The molecular formula is C48H51N2+. The second-order valence-electron chi connectivity index (χ2n) is 14.9. The van der Waals surface area contributed by atoms with E-state index in [0.717, 1.165) is 38.6 Å². The van der Waals surface area contributed by atoms with Crippen molar-refractivity contribution in [1.82, 2.24) is 0 Å². The Hall–Kier alpha value is -4.95. The second-order valence-corrected chi connectivity index (χ2v) is 14.9. The van der Waals surface area contributed by atoms with Gasteiger partial charge in [-0.1, -0.05) is 135 Å². The van der Waals surface area contributed by atoms with Crippen LogP contribution in [-0.2, 0) is 23.7 Å². The first kappa shape index (κ1) is 33.5. The Morgan fingerprint density at radius 2 is 1.48 bits per heavy atom. The Bertz CT molecular complexity index is 2080. The van der Waals surface area contributed by atoms with E-state index in [4.69, 9.17) is 0 Å². The number of nitrogens with zero attached hydrogens (tertiary/aromatic N) is 2. The Kier molecular flexibility index (Phi) is 9.47. The molecule has 2 atom stereocenters. The van der Waals surface area contributed by atoms with Crippen LogP contribution in [0.4, 0.5) is 11.4 Å². The van der Waals surface area contributed by atoms with Crippen LogP contribution in [0.1, 0.15) is 62.3 Å². The number of benzene rings is 5. The molecule has 2 nitrogen and oxygen atoms in total. The zero-order valence-electron chi connectivity index (χ0n) is 30.3. The molecule has 0 aromatic heterocycles. The molecule has 5 aromatic rings. The zero-order chi connectivity index (χ0) is 34.7. The van der Waals surface area contributed by atoms with Crippen LogP contribution in [0.5, 0.6) is 0 Å². The molecule has 0 amide bonds. The van der Waals surface area contributed by atoms with E-state index >= 15 is 0 Å². The third kappa shape index (κ3) is 6.06. The topological polar surface area (TPSA) is 6.25 Å². The van der Waals surface area contributed by atoms with Gasteiger partial charge in [0.2, 0.25) is 5.69 Å². The van der Waals surface area contributed by atoms with Crippen LogP contribution in [0.15, 0.2) is 158 Å². The Labute approximate surface area is 299 Å². The highest BCUT2D eigenvalue weighted by molar-refractivity contribution is 6.03. The largest absolute Gasteiger partial charge is 0.344 e. The maximum Gasteiger partial charge on any atom is 0.209 e. The van der Waals surface area contributed by atoms with Crippen molar-refractivity contribution in [3.8, 4) is 0 Å². The van der Waals surface area contributed by atoms with Crippen molar-refractivity contribution in [3.05, 3.63) is 180 Å². The van der Waals surface area contributed by atoms with Crippen LogP contribution in [0, 0.1) is 5.92 Å². The number of aryl methyl sites for hydroxylation is 1. The summed E-state index contributed by atoms with van der Waals surface area (Å²) in [6.07, 6.45) is 14.2. The normalized spacial score (nSPS) is 20.7. The summed E-state index contributed by atoms with van der Waals surface area (Å²) >= 11 is 0. The summed E-state index contributed by atoms with van der Waals surface area (Å²) in [5, 5.41) is 2.68. The zero-order valence-corrected chi connectivity index (χ0v) is 30.3. The van der Waals surface area contributed by atoms with E-state index in [-0.39, 0.29) is 10.8 Å². The lowest BCUT2D eigenvalue weighted by Crippen LogP contribution is -2.35. The van der Waals surface area contributed by atoms with E-state index in [9.17, 15) is 0 Å². The van der Waals surface area contributed by atoms with Gasteiger partial charge in [0.25, 0.3) is 0 Å². The molecule has 0 saturated carbocycles. The van der Waals surface area contributed by atoms with Crippen LogP contribution < -0.4 is 4.90 Å². The number of rotatable bonds is 12. The van der Waals surface area contributed by atoms with Crippen molar-refractivity contribution < 1.29 is 4.58 Å². The predicted octanol–water partition coefficient (Wildman–Crippen LogP) is 11.5. The van der Waals surface area contributed by atoms with Gasteiger partial charge >= 0.3 is 0 Å². The lowest BCUT2D eigenvalue weighted by Gasteiger charge is -2.35. The fraction of sp³-hybridized carbons (Fsp3) is 0.271. The Morgan fingerprint density at radius 1 is 0.800 bits per heavy atom. The van der Waals surface area contributed by atoms with Crippen molar-refractivity contribution >= 4 is 27.9 Å². The maximum absolute atomic E-state index is 4.17. The molecular weight excluding hydrogens is 605 g/mol. The first-order valence-electron chi connectivity index (χ1n) is 18.4. The van der Waals surface area contributed by atoms with Crippen LogP contribution in [0.2, 0.25) is 0 Å². The number of fused-ring (bicyclic) bond motifs is 4. The van der Waals surface area contributed by atoms with Crippen molar-refractivity contribution in [2.45, 2.75) is 63.7 Å². The fourth-order valence-corrected chi connectivity index (χ4v) is 8.75. The fourth-order valence-electron chi connectivity index (χ4n) is 8.75. The van der Waals surface area contributed by atoms with E-state index in [2.05, 4.69) is 190 Å². The summed E-state index contributed by atoms with van der Waals surface area (Å²) in [5.74, 6) is 0.602. The van der Waals surface area contributed by atoms with Crippen LogP contribution in [0.3, 0.4) is 0 Å². The summed E-state index contributed by atoms with van der Waals surface area (Å²) < 4.78 is 2.38. The molecule has 252 valence electrons. The van der Waals surface area contributed by atoms with Gasteiger partial charge < -0.3 is 4.90 Å². The molecule has 2 unspecified atom stereocenters. The van der Waals surface area contributed by atoms with Gasteiger partial charge in [-0.15, -0.1) is 6.58 Å². The van der Waals surface area contributed by atoms with E-state index in [1.165, 1.54) is 55.8 Å². The molecule has 0 bridgehead atoms. The van der Waals surface area contributed by atoms with Gasteiger partial charge in [0.1, 0.15) is 7.05 Å². The second kappa shape index (κ2) is 14.1. The third-order valence-corrected chi connectivity index (χ3v) is 11.3. The highest BCUT2D eigenvalue weighted by atomic mass is 15.2. The molecule has 0 saturated heterocycles. The minimum absolute atomic E-state index is 0.136. The molecule has 50 heavy (non-hydrogen) atoms. The Balaban J connectivity index is 1.44. The van der Waals surface area contributed by atoms with Gasteiger partial charge in [0.15, 0.2) is 5.71 Å². The minimum Gasteiger partial charge on any atom is -0.344 e. The summed E-state index contributed by atoms with van der Waals surface area (Å²) in [5.41, 5.74) is 10.6. The monoisotopic (exact) mass is 655 g/mol. The third-order valence-electron chi connectivity index (χ3n) is 11.3. The minimum atomic E-state index is -0.228. The summed E-state index contributed by atoms with van der Waals surface area (Å²) in [7, 11) is 2.21. The SMILES string of the molecule is C=CCC1(C)C(/C=C/C=C2/N(CCC(C)C)c3ccc4ccccc4c3C2(CCc2ccccc2)Cc2ccccc2)=[N+](C)c2ccccc21. The summed E-state index contributed by atoms with van der Waals surface area (Å²) in [4.78, 5) is 2.68. The number of hydrogen-bond donors (Lipinski definition) is 0. The van der Waals surface area contributed by atoms with E-state index in [1.807, 2.05) is 0 Å². The van der Waals surface area contributed by atoms with E-state index < -0.39 is 0 Å². The van der Waals surface area contributed by atoms with Gasteiger partial charge in [-0.25, -0.2) is 0 Å². The lowest BCUT2D eigenvalue weighted by atomic mass is 9.69. The smallest absolute Gasteiger partial charge is 0.209 e. The molecule has 5 aromatic carbocycles. The average Bonchev–Trinajstić information content (AvgIpc) is 3.52. The van der Waals surface area contributed by atoms with Gasteiger partial charge in [-0.05, 0) is 84.6 Å². The number of hydrogen-bond acceptors (Lipinski definition) is 1. The molecule has 2 heterocycles. The molecule has 0 fully saturated rings. The number of para-hydroxylation sites is 1. The van der Waals surface area contributed by atoms with Gasteiger partial charge in [-0.2, -0.15) is 4.58 Å². The first-order valence-corrected chi connectivity index (χ1v) is 18.4. The van der Waals surface area contributed by atoms with Crippen molar-refractivity contribution in [3.63, 3.8) is 0 Å². The molecule has 0 spiro atoms. The molecule has 2 aliphatic rings. The highest BCUT2D eigenvalue weighted by Crippen LogP contribution is 2.55. The standard InChI is InChI=1S/C48H51N2/c1-6-32-47(4)41-24-15-16-25-42(41)49(5)44(47)26-17-27-45-48(35-38-20-11-8-12-21-38,33-30-37-18-9-7-10-19-37)46-40-23-14-13-22-39(40)28-29-43(46)50(45)34-31-36(2)3/h6-29,36H,1,30-35H2,2-5H3/q+1. The molecule has 0 N–H and O–H groups in total. The molecule has 0 radical (unpaired) electrons. The summed E-state index contributed by atoms with van der Waals surface area (Å²) in [6.45, 7) is 12.2. The first-order chi connectivity index (χ1) is 24.4. The van der Waals surface area contributed by atoms with Crippen molar-refractivity contribution in [1.29, 1.82) is 0 Å². The quantitative estimate of drug-likeness (QED) is 0.0957. The van der Waals surface area contributed by atoms with Crippen LogP contribution in [0.25, 0.3) is 10.8 Å². The Morgan fingerprint density at radius 3 is 2.22 bits per heavy atom.